The molecule has 31 heavy (non-hydrogen) atoms. The van der Waals surface area contributed by atoms with E-state index >= 15 is 4.39 Å². The van der Waals surface area contributed by atoms with Gasteiger partial charge in [0.1, 0.15) is 5.82 Å². The van der Waals surface area contributed by atoms with Gasteiger partial charge in [-0.15, -0.1) is 11.3 Å². The van der Waals surface area contributed by atoms with E-state index in [0.29, 0.717) is 22.7 Å². The third kappa shape index (κ3) is 5.08. The van der Waals surface area contributed by atoms with Crippen LogP contribution in [0.15, 0.2) is 30.5 Å². The first-order valence-electron chi connectivity index (χ1n) is 9.81. The summed E-state index contributed by atoms with van der Waals surface area (Å²) in [5.74, 6) is -0.402. The summed E-state index contributed by atoms with van der Waals surface area (Å²) in [6, 6.07) is 6.60. The summed E-state index contributed by atoms with van der Waals surface area (Å²) in [6.45, 7) is 7.79. The minimum absolute atomic E-state index is 0.0128. The van der Waals surface area contributed by atoms with Gasteiger partial charge < -0.3 is 5.73 Å². The predicted octanol–water partition coefficient (Wildman–Crippen LogP) is 3.90. The molecule has 0 spiro atoms. The Labute approximate surface area is 185 Å². The lowest BCUT2D eigenvalue weighted by Crippen LogP contribution is -2.30. The molecule has 0 aliphatic rings. The third-order valence-corrected chi connectivity index (χ3v) is 7.81. The maximum Gasteiger partial charge on any atom is 0.220 e. The quantitative estimate of drug-likeness (QED) is 0.571. The van der Waals surface area contributed by atoms with E-state index < -0.39 is 21.1 Å². The van der Waals surface area contributed by atoms with Crippen molar-refractivity contribution in [3.63, 3.8) is 0 Å². The Morgan fingerprint density at radius 1 is 1.19 bits per heavy atom. The fraction of sp³-hybridized carbons (Fsp3) is 0.381. The zero-order valence-electron chi connectivity index (χ0n) is 17.9. The predicted molar refractivity (Wildman–Crippen MR) is 123 cm³/mol. The molecule has 7 nitrogen and oxygen atoms in total. The number of benzene rings is 1. The standard InChI is InChI=1S/C21H26FN5O2S2/c1-5-13(31(24,28)29)11-12-7-6-8-14(16(12)22)17-18(15-9-10-25-20(23)26-15)30-19(27-17)21(2,3)4/h6-10,13H,5,11H2,1-4H3,(H2,23,25,26)(H2,24,28,29). The largest absolute Gasteiger partial charge is 0.368 e. The Morgan fingerprint density at radius 3 is 2.48 bits per heavy atom. The Balaban J connectivity index is 2.18. The molecule has 4 N–H and O–H groups in total. The van der Waals surface area contributed by atoms with Gasteiger partial charge in [0.15, 0.2) is 0 Å². The smallest absolute Gasteiger partial charge is 0.220 e. The van der Waals surface area contributed by atoms with Crippen LogP contribution in [0.1, 0.15) is 44.7 Å². The molecule has 10 heteroatoms. The minimum Gasteiger partial charge on any atom is -0.368 e. The number of hydrogen-bond donors (Lipinski definition) is 2. The van der Waals surface area contributed by atoms with Gasteiger partial charge >= 0.3 is 0 Å². The topological polar surface area (TPSA) is 125 Å². The highest BCUT2D eigenvalue weighted by Gasteiger charge is 2.27. The Hall–Kier alpha value is -2.43. The number of hydrogen-bond acceptors (Lipinski definition) is 7. The number of rotatable bonds is 6. The van der Waals surface area contributed by atoms with Crippen LogP contribution in [0.4, 0.5) is 10.3 Å². The first-order valence-corrected chi connectivity index (χ1v) is 12.2. The molecule has 166 valence electrons. The molecule has 1 atom stereocenters. The number of nitrogen functional groups attached to an aromatic ring is 1. The summed E-state index contributed by atoms with van der Waals surface area (Å²) in [4.78, 5) is 13.6. The second-order valence-corrected chi connectivity index (χ2v) is 11.2. The minimum atomic E-state index is -3.79. The number of primary sulfonamides is 1. The average molecular weight is 464 g/mol. The van der Waals surface area contributed by atoms with E-state index in [1.54, 1.807) is 37.4 Å². The van der Waals surface area contributed by atoms with E-state index in [1.165, 1.54) is 11.3 Å². The molecule has 0 bridgehead atoms. The molecule has 3 rings (SSSR count). The molecule has 1 aromatic carbocycles. The van der Waals surface area contributed by atoms with Crippen molar-refractivity contribution in [1.82, 2.24) is 15.0 Å². The monoisotopic (exact) mass is 463 g/mol. The lowest BCUT2D eigenvalue weighted by molar-refractivity contribution is 0.567. The van der Waals surface area contributed by atoms with Crippen molar-refractivity contribution >= 4 is 27.3 Å². The molecule has 2 heterocycles. The van der Waals surface area contributed by atoms with E-state index in [0.717, 1.165) is 5.01 Å². The van der Waals surface area contributed by atoms with Gasteiger partial charge in [-0.25, -0.2) is 32.9 Å². The SMILES string of the molecule is CCC(Cc1cccc(-c2nc(C(C)(C)C)sc2-c2ccnc(N)n2)c1F)S(N)(=O)=O. The molecule has 0 aliphatic heterocycles. The number of nitrogens with zero attached hydrogens (tertiary/aromatic N) is 3. The fourth-order valence-electron chi connectivity index (χ4n) is 3.16. The van der Waals surface area contributed by atoms with E-state index in [1.807, 2.05) is 20.8 Å². The van der Waals surface area contributed by atoms with E-state index in [4.69, 9.17) is 15.9 Å². The number of aromatic nitrogens is 3. The summed E-state index contributed by atoms with van der Waals surface area (Å²) in [6.07, 6.45) is 1.82. The van der Waals surface area contributed by atoms with E-state index in [2.05, 4.69) is 9.97 Å². The van der Waals surface area contributed by atoms with Crippen LogP contribution < -0.4 is 10.9 Å². The summed E-state index contributed by atoms with van der Waals surface area (Å²) >= 11 is 1.42. The summed E-state index contributed by atoms with van der Waals surface area (Å²) in [5, 5.41) is 5.27. The normalized spacial score (nSPS) is 13.4. The molecule has 0 fully saturated rings. The molecular formula is C21H26FN5O2S2. The number of anilines is 1. The van der Waals surface area contributed by atoms with E-state index in [9.17, 15) is 8.42 Å². The number of thiazole rings is 1. The van der Waals surface area contributed by atoms with Gasteiger partial charge in [-0.1, -0.05) is 39.8 Å². The van der Waals surface area contributed by atoms with Gasteiger partial charge in [0, 0.05) is 17.2 Å². The molecule has 0 saturated heterocycles. The van der Waals surface area contributed by atoms with Gasteiger partial charge in [0.2, 0.25) is 16.0 Å². The second kappa shape index (κ2) is 8.60. The van der Waals surface area contributed by atoms with Crippen molar-refractivity contribution in [2.75, 3.05) is 5.73 Å². The van der Waals surface area contributed by atoms with Crippen LogP contribution in [0.2, 0.25) is 0 Å². The fourth-order valence-corrected chi connectivity index (χ4v) is 5.14. The van der Waals surface area contributed by atoms with Gasteiger partial charge in [0.05, 0.1) is 26.5 Å². The maximum absolute atomic E-state index is 15.6. The van der Waals surface area contributed by atoms with Crippen molar-refractivity contribution in [2.24, 2.45) is 5.14 Å². The van der Waals surface area contributed by atoms with Crippen LogP contribution in [0, 0.1) is 5.82 Å². The molecule has 3 aromatic rings. The van der Waals surface area contributed by atoms with Crippen LogP contribution in [0.3, 0.4) is 0 Å². The van der Waals surface area contributed by atoms with Gasteiger partial charge in [0.25, 0.3) is 0 Å². The van der Waals surface area contributed by atoms with Crippen LogP contribution in [0.25, 0.3) is 21.8 Å². The molecular weight excluding hydrogens is 437 g/mol. The first-order chi connectivity index (χ1) is 14.4. The Morgan fingerprint density at radius 2 is 1.90 bits per heavy atom. The molecule has 0 saturated carbocycles. The number of sulfonamides is 1. The lowest BCUT2D eigenvalue weighted by atomic mass is 9.98. The highest BCUT2D eigenvalue weighted by atomic mass is 32.2. The highest BCUT2D eigenvalue weighted by molar-refractivity contribution is 7.89. The maximum atomic E-state index is 15.6. The van der Waals surface area contributed by atoms with Crippen molar-refractivity contribution in [1.29, 1.82) is 0 Å². The van der Waals surface area contributed by atoms with Crippen molar-refractivity contribution in [2.45, 2.75) is 51.2 Å². The second-order valence-electron chi connectivity index (χ2n) is 8.35. The van der Waals surface area contributed by atoms with E-state index in [-0.39, 0.29) is 28.9 Å². The van der Waals surface area contributed by atoms with Gasteiger partial charge in [-0.05, 0) is 30.5 Å². The van der Waals surface area contributed by atoms with Crippen molar-refractivity contribution < 1.29 is 12.8 Å². The molecule has 0 amide bonds. The Kier molecular flexibility index (Phi) is 6.45. The van der Waals surface area contributed by atoms with Gasteiger partial charge in [-0.2, -0.15) is 0 Å². The highest BCUT2D eigenvalue weighted by Crippen LogP contribution is 2.41. The van der Waals surface area contributed by atoms with Crippen LogP contribution in [-0.4, -0.2) is 28.6 Å². The Bertz CT molecular complexity index is 1200. The van der Waals surface area contributed by atoms with Crippen LogP contribution in [-0.2, 0) is 21.9 Å². The first kappa shape index (κ1) is 23.2. The summed E-state index contributed by atoms with van der Waals surface area (Å²) in [5.41, 5.74) is 7.05. The lowest BCUT2D eigenvalue weighted by Gasteiger charge is -2.15. The van der Waals surface area contributed by atoms with Crippen LogP contribution in [0.5, 0.6) is 0 Å². The summed E-state index contributed by atoms with van der Waals surface area (Å²) < 4.78 is 39.3. The zero-order chi connectivity index (χ0) is 23.0. The number of halogens is 1. The average Bonchev–Trinajstić information content (AvgIpc) is 3.12. The summed E-state index contributed by atoms with van der Waals surface area (Å²) in [7, 11) is -3.79. The molecule has 0 radical (unpaired) electrons. The van der Waals surface area contributed by atoms with Crippen LogP contribution >= 0.6 is 11.3 Å². The number of nitrogens with two attached hydrogens (primary N) is 2. The molecule has 0 aliphatic carbocycles. The third-order valence-electron chi connectivity index (χ3n) is 4.88. The van der Waals surface area contributed by atoms with Gasteiger partial charge in [-0.3, -0.25) is 0 Å². The zero-order valence-corrected chi connectivity index (χ0v) is 19.5. The van der Waals surface area contributed by atoms with Crippen molar-refractivity contribution in [3.05, 3.63) is 46.9 Å². The molecule has 1 unspecified atom stereocenters. The molecule has 2 aromatic heterocycles. The van der Waals surface area contributed by atoms with Crippen molar-refractivity contribution in [3.8, 4) is 21.8 Å².